The third-order valence-electron chi connectivity index (χ3n) is 4.15. The number of rotatable bonds is 16. The standard InChI is InChI=1S/C18H31N3O10/c1-28-15(24)10-19(5-7-20(9-14(22)23)11-16(25)29-2)6-8-21(12-17(26)30-3)13-18(27)31-4/h5-13H2,1-4H3,(H,22,23). The molecule has 13 nitrogen and oxygen atoms in total. The summed E-state index contributed by atoms with van der Waals surface area (Å²) in [4.78, 5) is 62.0. The number of carbonyl (C=O) groups excluding carboxylic acids is 4. The molecule has 0 aliphatic heterocycles. The molecular formula is C18H31N3O10. The van der Waals surface area contributed by atoms with Crippen LogP contribution in [0.25, 0.3) is 0 Å². The van der Waals surface area contributed by atoms with Gasteiger partial charge in [0.15, 0.2) is 0 Å². The maximum absolute atomic E-state index is 11.8. The Morgan fingerprint density at radius 1 is 0.516 bits per heavy atom. The van der Waals surface area contributed by atoms with Crippen LogP contribution >= 0.6 is 0 Å². The van der Waals surface area contributed by atoms with Gasteiger partial charge in [-0.1, -0.05) is 0 Å². The number of aliphatic carboxylic acids is 1. The fraction of sp³-hybridized carbons (Fsp3) is 0.722. The molecule has 0 aliphatic rings. The molecule has 0 saturated carbocycles. The summed E-state index contributed by atoms with van der Waals surface area (Å²) in [5.41, 5.74) is 0. The highest BCUT2D eigenvalue weighted by Crippen LogP contribution is 1.99. The van der Waals surface area contributed by atoms with Crippen LogP contribution in [-0.4, -0.2) is 137 Å². The molecule has 13 heteroatoms. The van der Waals surface area contributed by atoms with Crippen molar-refractivity contribution in [2.24, 2.45) is 0 Å². The number of carbonyl (C=O) groups is 5. The third-order valence-corrected chi connectivity index (χ3v) is 4.15. The zero-order valence-corrected chi connectivity index (χ0v) is 18.3. The Labute approximate surface area is 180 Å². The summed E-state index contributed by atoms with van der Waals surface area (Å²) < 4.78 is 18.5. The van der Waals surface area contributed by atoms with Crippen molar-refractivity contribution in [1.82, 2.24) is 14.7 Å². The second-order valence-electron chi connectivity index (χ2n) is 6.40. The van der Waals surface area contributed by atoms with Crippen LogP contribution in [0, 0.1) is 0 Å². The number of esters is 4. The van der Waals surface area contributed by atoms with E-state index in [1.54, 1.807) is 4.90 Å². The molecule has 0 aromatic heterocycles. The summed E-state index contributed by atoms with van der Waals surface area (Å²) in [6.07, 6.45) is 0. The van der Waals surface area contributed by atoms with Gasteiger partial charge in [-0.15, -0.1) is 0 Å². The Morgan fingerprint density at radius 2 is 0.774 bits per heavy atom. The molecule has 0 aliphatic carbocycles. The van der Waals surface area contributed by atoms with Crippen LogP contribution in [0.3, 0.4) is 0 Å². The smallest absolute Gasteiger partial charge is 0.319 e. The molecule has 31 heavy (non-hydrogen) atoms. The molecule has 0 spiro atoms. The molecule has 0 fully saturated rings. The highest BCUT2D eigenvalue weighted by Gasteiger charge is 2.20. The van der Waals surface area contributed by atoms with Gasteiger partial charge in [0.25, 0.3) is 0 Å². The van der Waals surface area contributed by atoms with E-state index in [1.165, 1.54) is 38.2 Å². The zero-order chi connectivity index (χ0) is 23.8. The average molecular weight is 449 g/mol. The fourth-order valence-corrected chi connectivity index (χ4v) is 2.44. The van der Waals surface area contributed by atoms with E-state index in [9.17, 15) is 24.0 Å². The van der Waals surface area contributed by atoms with Gasteiger partial charge >= 0.3 is 29.8 Å². The van der Waals surface area contributed by atoms with Crippen molar-refractivity contribution in [3.63, 3.8) is 0 Å². The molecule has 0 aromatic rings. The van der Waals surface area contributed by atoms with Crippen LogP contribution in [0.4, 0.5) is 0 Å². The van der Waals surface area contributed by atoms with Gasteiger partial charge in [0, 0.05) is 26.2 Å². The third kappa shape index (κ3) is 14.0. The van der Waals surface area contributed by atoms with Crippen LogP contribution in [-0.2, 0) is 42.9 Å². The van der Waals surface area contributed by atoms with Gasteiger partial charge in [-0.3, -0.25) is 38.7 Å². The molecule has 0 saturated heterocycles. The van der Waals surface area contributed by atoms with Crippen LogP contribution < -0.4 is 0 Å². The fourth-order valence-electron chi connectivity index (χ4n) is 2.44. The number of carboxylic acid groups (broad SMARTS) is 1. The van der Waals surface area contributed by atoms with Crippen molar-refractivity contribution in [2.75, 3.05) is 87.3 Å². The van der Waals surface area contributed by atoms with Gasteiger partial charge in [0.2, 0.25) is 0 Å². The molecule has 0 rings (SSSR count). The summed E-state index contributed by atoms with van der Waals surface area (Å²) >= 11 is 0. The minimum atomic E-state index is -1.12. The lowest BCUT2D eigenvalue weighted by molar-refractivity contribution is -0.146. The Morgan fingerprint density at radius 3 is 1.06 bits per heavy atom. The Balaban J connectivity index is 5.12. The number of carboxylic acids is 1. The monoisotopic (exact) mass is 449 g/mol. The van der Waals surface area contributed by atoms with E-state index in [1.807, 2.05) is 0 Å². The first-order valence-electron chi connectivity index (χ1n) is 9.31. The van der Waals surface area contributed by atoms with Gasteiger partial charge in [-0.05, 0) is 0 Å². The predicted octanol–water partition coefficient (Wildman–Crippen LogP) is -2.33. The van der Waals surface area contributed by atoms with Crippen molar-refractivity contribution in [3.8, 4) is 0 Å². The maximum atomic E-state index is 11.8. The topological polar surface area (TPSA) is 152 Å². The van der Waals surface area contributed by atoms with Crippen molar-refractivity contribution < 1.29 is 48.0 Å². The first-order valence-corrected chi connectivity index (χ1v) is 9.31. The minimum Gasteiger partial charge on any atom is -0.480 e. The minimum absolute atomic E-state index is 0.111. The van der Waals surface area contributed by atoms with Gasteiger partial charge < -0.3 is 24.1 Å². The lowest BCUT2D eigenvalue weighted by atomic mass is 10.3. The number of hydrogen-bond donors (Lipinski definition) is 1. The molecule has 0 atom stereocenters. The lowest BCUT2D eigenvalue weighted by Crippen LogP contribution is -2.45. The van der Waals surface area contributed by atoms with Crippen molar-refractivity contribution in [1.29, 1.82) is 0 Å². The molecule has 0 radical (unpaired) electrons. The summed E-state index contributed by atoms with van der Waals surface area (Å²) in [5, 5.41) is 9.03. The van der Waals surface area contributed by atoms with Crippen LogP contribution in [0.15, 0.2) is 0 Å². The van der Waals surface area contributed by atoms with E-state index < -0.39 is 36.4 Å². The van der Waals surface area contributed by atoms with E-state index in [4.69, 9.17) is 5.11 Å². The molecular weight excluding hydrogens is 418 g/mol. The average Bonchev–Trinajstić information content (AvgIpc) is 2.73. The Hall–Kier alpha value is -2.77. The van der Waals surface area contributed by atoms with Gasteiger partial charge in [0.05, 0.1) is 61.2 Å². The molecule has 0 unspecified atom stereocenters. The molecule has 1 N–H and O–H groups in total. The second kappa shape index (κ2) is 16.0. The SMILES string of the molecule is COC(=O)CN(CCN(CC(=O)O)CC(=O)OC)CCN(CC(=O)OC)CC(=O)OC. The highest BCUT2D eigenvalue weighted by molar-refractivity contribution is 5.75. The number of nitrogens with zero attached hydrogens (tertiary/aromatic N) is 3. The van der Waals surface area contributed by atoms with Gasteiger partial charge in [0.1, 0.15) is 0 Å². The zero-order valence-electron chi connectivity index (χ0n) is 18.3. The van der Waals surface area contributed by atoms with Crippen molar-refractivity contribution >= 4 is 29.8 Å². The van der Waals surface area contributed by atoms with E-state index in [-0.39, 0.29) is 52.4 Å². The van der Waals surface area contributed by atoms with E-state index >= 15 is 0 Å². The number of ether oxygens (including phenoxy) is 4. The predicted molar refractivity (Wildman–Crippen MR) is 105 cm³/mol. The van der Waals surface area contributed by atoms with Crippen molar-refractivity contribution in [2.45, 2.75) is 0 Å². The second-order valence-corrected chi connectivity index (χ2v) is 6.40. The van der Waals surface area contributed by atoms with Crippen LogP contribution in [0.2, 0.25) is 0 Å². The molecule has 178 valence electrons. The highest BCUT2D eigenvalue weighted by atomic mass is 16.5. The van der Waals surface area contributed by atoms with Gasteiger partial charge in [-0.25, -0.2) is 0 Å². The maximum Gasteiger partial charge on any atom is 0.319 e. The Kier molecular flexibility index (Phi) is 14.6. The van der Waals surface area contributed by atoms with E-state index in [2.05, 4.69) is 18.9 Å². The first kappa shape index (κ1) is 28.2. The molecule has 0 aromatic carbocycles. The summed E-state index contributed by atoms with van der Waals surface area (Å²) in [5.74, 6) is -3.33. The van der Waals surface area contributed by atoms with E-state index in [0.717, 1.165) is 0 Å². The van der Waals surface area contributed by atoms with Crippen LogP contribution in [0.1, 0.15) is 0 Å². The molecule has 0 heterocycles. The van der Waals surface area contributed by atoms with Crippen LogP contribution in [0.5, 0.6) is 0 Å². The normalized spacial score (nSPS) is 10.8. The molecule has 0 amide bonds. The Bertz CT molecular complexity index is 595. The number of hydrogen-bond acceptors (Lipinski definition) is 12. The van der Waals surface area contributed by atoms with Crippen molar-refractivity contribution in [3.05, 3.63) is 0 Å². The summed E-state index contributed by atoms with van der Waals surface area (Å²) in [7, 11) is 4.87. The largest absolute Gasteiger partial charge is 0.480 e. The van der Waals surface area contributed by atoms with Gasteiger partial charge in [-0.2, -0.15) is 0 Å². The summed E-state index contributed by atoms with van der Waals surface area (Å²) in [6.45, 7) is -0.255. The van der Waals surface area contributed by atoms with E-state index in [0.29, 0.717) is 0 Å². The lowest BCUT2D eigenvalue weighted by Gasteiger charge is -2.28. The number of methoxy groups -OCH3 is 4. The summed E-state index contributed by atoms with van der Waals surface area (Å²) in [6, 6.07) is 0. The molecule has 0 bridgehead atoms. The quantitative estimate of drug-likeness (QED) is 0.198. The first-order chi connectivity index (χ1) is 14.6.